The number of hydrogen-bond acceptors (Lipinski definition) is 6. The molecule has 1 N–H and O–H groups in total. The van der Waals surface area contributed by atoms with Crippen molar-refractivity contribution in [3.8, 4) is 0 Å². The van der Waals surface area contributed by atoms with Gasteiger partial charge in [-0.05, 0) is 24.1 Å². The molecule has 21 heavy (non-hydrogen) atoms. The first-order valence-corrected chi connectivity index (χ1v) is 8.38. The first kappa shape index (κ1) is 15.3. The molecule has 1 aromatic carbocycles. The topological polar surface area (TPSA) is 92.6 Å². The van der Waals surface area contributed by atoms with Gasteiger partial charge in [0.05, 0.1) is 9.82 Å². The zero-order valence-electron chi connectivity index (χ0n) is 11.7. The Balaban J connectivity index is 2.14. The quantitative estimate of drug-likeness (QED) is 0.658. The van der Waals surface area contributed by atoms with Crippen LogP contribution in [-0.2, 0) is 16.4 Å². The Bertz CT molecular complexity index is 652. The van der Waals surface area contributed by atoms with Gasteiger partial charge in [0.25, 0.3) is 6.20 Å². The number of hydrogen-bond donors (Lipinski definition) is 1. The van der Waals surface area contributed by atoms with Gasteiger partial charge in [0.15, 0.2) is 15.7 Å². The standard InChI is InChI=1S/C13H17N3O4S/c1-21(19,20)12-5-3-11(4-6-12)9-15-8-2-7-14-13(15)10-16(17)18/h3-6,10,14H,2,7-9H2,1H3. The van der Waals surface area contributed by atoms with E-state index in [1.807, 2.05) is 4.90 Å². The smallest absolute Gasteiger partial charge is 0.274 e. The van der Waals surface area contributed by atoms with Crippen LogP contribution in [0.2, 0.25) is 0 Å². The minimum atomic E-state index is -3.21. The van der Waals surface area contributed by atoms with E-state index in [9.17, 15) is 18.5 Å². The second-order valence-electron chi connectivity index (χ2n) is 4.92. The maximum absolute atomic E-state index is 11.4. The normalized spacial score (nSPS) is 17.6. The Morgan fingerprint density at radius 2 is 2.05 bits per heavy atom. The van der Waals surface area contributed by atoms with Crippen molar-refractivity contribution in [1.29, 1.82) is 0 Å². The van der Waals surface area contributed by atoms with Gasteiger partial charge in [-0.1, -0.05) is 12.1 Å². The molecule has 1 aromatic rings. The van der Waals surface area contributed by atoms with E-state index in [1.54, 1.807) is 24.3 Å². The summed E-state index contributed by atoms with van der Waals surface area (Å²) >= 11 is 0. The summed E-state index contributed by atoms with van der Waals surface area (Å²) in [7, 11) is -3.21. The predicted molar refractivity (Wildman–Crippen MR) is 77.7 cm³/mol. The third-order valence-electron chi connectivity index (χ3n) is 3.20. The van der Waals surface area contributed by atoms with E-state index in [2.05, 4.69) is 5.32 Å². The lowest BCUT2D eigenvalue weighted by Crippen LogP contribution is -2.39. The molecule has 1 saturated heterocycles. The fourth-order valence-electron chi connectivity index (χ4n) is 2.17. The maximum atomic E-state index is 11.4. The predicted octanol–water partition coefficient (Wildman–Crippen LogP) is 0.961. The van der Waals surface area contributed by atoms with Gasteiger partial charge in [-0.2, -0.15) is 0 Å². The van der Waals surface area contributed by atoms with Crippen molar-refractivity contribution in [2.24, 2.45) is 0 Å². The summed E-state index contributed by atoms with van der Waals surface area (Å²) in [6.45, 7) is 1.93. The number of sulfone groups is 1. The van der Waals surface area contributed by atoms with Crippen LogP contribution in [0.25, 0.3) is 0 Å². The Morgan fingerprint density at radius 1 is 1.38 bits per heavy atom. The number of nitro groups is 1. The van der Waals surface area contributed by atoms with Crippen molar-refractivity contribution in [2.75, 3.05) is 19.3 Å². The van der Waals surface area contributed by atoms with Crippen LogP contribution < -0.4 is 5.32 Å². The first-order valence-electron chi connectivity index (χ1n) is 6.49. The highest BCUT2D eigenvalue weighted by atomic mass is 32.2. The SMILES string of the molecule is CS(=O)(=O)c1ccc(CN2CCCNC2=C[N+](=O)[O-])cc1. The summed E-state index contributed by atoms with van der Waals surface area (Å²) in [5.74, 6) is 0.485. The lowest BCUT2D eigenvalue weighted by Gasteiger charge is -2.30. The van der Waals surface area contributed by atoms with E-state index in [1.165, 1.54) is 0 Å². The summed E-state index contributed by atoms with van der Waals surface area (Å²) in [4.78, 5) is 12.3. The molecule has 0 radical (unpaired) electrons. The summed E-state index contributed by atoms with van der Waals surface area (Å²) in [6.07, 6.45) is 3.02. The summed E-state index contributed by atoms with van der Waals surface area (Å²) in [6, 6.07) is 6.57. The Morgan fingerprint density at radius 3 is 2.62 bits per heavy atom. The second-order valence-corrected chi connectivity index (χ2v) is 6.93. The van der Waals surface area contributed by atoms with E-state index >= 15 is 0 Å². The van der Waals surface area contributed by atoms with E-state index in [0.29, 0.717) is 18.9 Å². The molecule has 1 fully saturated rings. The molecular formula is C13H17N3O4S. The van der Waals surface area contributed by atoms with Crippen LogP contribution in [-0.4, -0.2) is 37.6 Å². The van der Waals surface area contributed by atoms with Gasteiger partial charge in [0, 0.05) is 25.9 Å². The van der Waals surface area contributed by atoms with Crippen molar-refractivity contribution in [2.45, 2.75) is 17.9 Å². The van der Waals surface area contributed by atoms with Crippen molar-refractivity contribution in [3.05, 3.63) is 52.0 Å². The van der Waals surface area contributed by atoms with Gasteiger partial charge in [0.2, 0.25) is 0 Å². The molecule has 114 valence electrons. The molecule has 0 spiro atoms. The lowest BCUT2D eigenvalue weighted by molar-refractivity contribution is -0.405. The highest BCUT2D eigenvalue weighted by Gasteiger charge is 2.18. The average molecular weight is 311 g/mol. The zero-order valence-corrected chi connectivity index (χ0v) is 12.5. The lowest BCUT2D eigenvalue weighted by atomic mass is 10.2. The van der Waals surface area contributed by atoms with Gasteiger partial charge in [-0.25, -0.2) is 8.42 Å². The maximum Gasteiger partial charge on any atom is 0.274 e. The molecule has 0 aromatic heterocycles. The molecule has 0 bridgehead atoms. The van der Waals surface area contributed by atoms with E-state index in [-0.39, 0.29) is 4.90 Å². The van der Waals surface area contributed by atoms with Gasteiger partial charge in [-0.15, -0.1) is 0 Å². The molecule has 1 aliphatic rings. The Labute approximate surface area is 123 Å². The minimum Gasteiger partial charge on any atom is -0.367 e. The molecular weight excluding hydrogens is 294 g/mol. The van der Waals surface area contributed by atoms with Gasteiger partial charge in [-0.3, -0.25) is 10.1 Å². The van der Waals surface area contributed by atoms with Gasteiger partial charge >= 0.3 is 0 Å². The number of nitrogens with one attached hydrogen (secondary N) is 1. The highest BCUT2D eigenvalue weighted by Crippen LogP contribution is 2.16. The molecule has 2 rings (SSSR count). The average Bonchev–Trinajstić information content (AvgIpc) is 2.40. The fraction of sp³-hybridized carbons (Fsp3) is 0.385. The summed E-state index contributed by atoms with van der Waals surface area (Å²) < 4.78 is 22.8. The van der Waals surface area contributed by atoms with Crippen molar-refractivity contribution in [1.82, 2.24) is 10.2 Å². The second kappa shape index (κ2) is 6.13. The van der Waals surface area contributed by atoms with Crippen LogP contribution >= 0.6 is 0 Å². The first-order chi connectivity index (χ1) is 9.86. The van der Waals surface area contributed by atoms with E-state index < -0.39 is 14.8 Å². The van der Waals surface area contributed by atoms with Crippen LogP contribution in [0.1, 0.15) is 12.0 Å². The van der Waals surface area contributed by atoms with Crippen LogP contribution in [0.15, 0.2) is 41.2 Å². The van der Waals surface area contributed by atoms with E-state index in [0.717, 1.165) is 31.0 Å². The monoisotopic (exact) mass is 311 g/mol. The van der Waals surface area contributed by atoms with Crippen LogP contribution in [0.4, 0.5) is 0 Å². The molecule has 7 nitrogen and oxygen atoms in total. The summed E-state index contributed by atoms with van der Waals surface area (Å²) in [5.41, 5.74) is 0.903. The van der Waals surface area contributed by atoms with Crippen molar-refractivity contribution in [3.63, 3.8) is 0 Å². The van der Waals surface area contributed by atoms with Crippen molar-refractivity contribution >= 4 is 9.84 Å². The Kier molecular flexibility index (Phi) is 4.46. The third kappa shape index (κ3) is 4.19. The number of benzene rings is 1. The van der Waals surface area contributed by atoms with Crippen LogP contribution in [0, 0.1) is 10.1 Å². The van der Waals surface area contributed by atoms with Crippen LogP contribution in [0.3, 0.4) is 0 Å². The largest absolute Gasteiger partial charge is 0.367 e. The van der Waals surface area contributed by atoms with Gasteiger partial charge < -0.3 is 10.2 Å². The molecule has 0 unspecified atom stereocenters. The fourth-order valence-corrected chi connectivity index (χ4v) is 2.80. The molecule has 1 aliphatic heterocycles. The number of nitrogens with zero attached hydrogens (tertiary/aromatic N) is 2. The van der Waals surface area contributed by atoms with Gasteiger partial charge in [0.1, 0.15) is 0 Å². The minimum absolute atomic E-state index is 0.268. The molecule has 0 amide bonds. The third-order valence-corrected chi connectivity index (χ3v) is 4.33. The molecule has 0 saturated carbocycles. The van der Waals surface area contributed by atoms with Crippen LogP contribution in [0.5, 0.6) is 0 Å². The molecule has 0 atom stereocenters. The number of rotatable bonds is 4. The van der Waals surface area contributed by atoms with E-state index in [4.69, 9.17) is 0 Å². The molecule has 0 aliphatic carbocycles. The van der Waals surface area contributed by atoms with Crippen molar-refractivity contribution < 1.29 is 13.3 Å². The summed E-state index contributed by atoms with van der Waals surface area (Å²) in [5, 5.41) is 13.6. The Hall–Kier alpha value is -2.09. The zero-order chi connectivity index (χ0) is 15.5. The molecule has 1 heterocycles. The molecule has 8 heteroatoms. The highest BCUT2D eigenvalue weighted by molar-refractivity contribution is 7.90.